The molecule has 0 saturated carbocycles. The number of methoxy groups -OCH3 is 1. The first-order valence-electron chi connectivity index (χ1n) is 5.88. The third-order valence-electron chi connectivity index (χ3n) is 2.67. The number of halogens is 1. The van der Waals surface area contributed by atoms with Crippen LogP contribution in [0.1, 0.15) is 15.9 Å². The summed E-state index contributed by atoms with van der Waals surface area (Å²) in [6, 6.07) is 1.60. The third kappa shape index (κ3) is 4.48. The van der Waals surface area contributed by atoms with Gasteiger partial charge in [-0.05, 0) is 40.5 Å². The smallest absolute Gasteiger partial charge is 0.335 e. The van der Waals surface area contributed by atoms with Crippen molar-refractivity contribution >= 4 is 31.9 Å². The number of aromatic carboxylic acids is 1. The molecule has 118 valence electrons. The standard InChI is InChI=1S/C12H16BrNO6S/c1-7-3-8(12(16)17)4-10(11(7)13)21(18,19)14-9(5-15)6-20-2/h3-4,9,14-15H,5-6H2,1-2H3,(H,16,17). The number of aliphatic hydroxyl groups excluding tert-OH is 1. The Morgan fingerprint density at radius 1 is 1.48 bits per heavy atom. The molecule has 0 heterocycles. The van der Waals surface area contributed by atoms with Gasteiger partial charge in [-0.3, -0.25) is 0 Å². The maximum Gasteiger partial charge on any atom is 0.335 e. The highest BCUT2D eigenvalue weighted by molar-refractivity contribution is 9.10. The molecule has 0 bridgehead atoms. The predicted molar refractivity (Wildman–Crippen MR) is 78.9 cm³/mol. The Bertz CT molecular complexity index is 631. The summed E-state index contributed by atoms with van der Waals surface area (Å²) in [5, 5.41) is 18.1. The number of carbonyl (C=O) groups is 1. The van der Waals surface area contributed by atoms with E-state index in [1.807, 2.05) is 0 Å². The molecule has 1 atom stereocenters. The van der Waals surface area contributed by atoms with E-state index in [9.17, 15) is 13.2 Å². The number of hydrogen-bond acceptors (Lipinski definition) is 5. The van der Waals surface area contributed by atoms with Crippen molar-refractivity contribution in [2.75, 3.05) is 20.3 Å². The summed E-state index contributed by atoms with van der Waals surface area (Å²) in [6.45, 7) is 1.14. The average Bonchev–Trinajstić information content (AvgIpc) is 2.40. The molecular weight excluding hydrogens is 366 g/mol. The number of hydrogen-bond donors (Lipinski definition) is 3. The van der Waals surface area contributed by atoms with Crippen LogP contribution in [0.5, 0.6) is 0 Å². The minimum absolute atomic E-state index is 0.00898. The molecular formula is C12H16BrNO6S. The van der Waals surface area contributed by atoms with E-state index >= 15 is 0 Å². The summed E-state index contributed by atoms with van der Waals surface area (Å²) in [5.74, 6) is -1.22. The normalized spacial score (nSPS) is 13.1. The van der Waals surface area contributed by atoms with Crippen molar-refractivity contribution in [1.29, 1.82) is 0 Å². The second-order valence-corrected chi connectivity index (χ2v) is 6.84. The zero-order valence-electron chi connectivity index (χ0n) is 11.5. The van der Waals surface area contributed by atoms with Crippen LogP contribution in [0.2, 0.25) is 0 Å². The van der Waals surface area contributed by atoms with E-state index in [1.165, 1.54) is 13.2 Å². The lowest BCUT2D eigenvalue weighted by atomic mass is 10.1. The van der Waals surface area contributed by atoms with E-state index < -0.39 is 28.6 Å². The molecule has 0 aliphatic rings. The van der Waals surface area contributed by atoms with Crippen molar-refractivity contribution in [2.45, 2.75) is 17.9 Å². The number of rotatable bonds is 7. The SMILES string of the molecule is COCC(CO)NS(=O)(=O)c1cc(C(=O)O)cc(C)c1Br. The monoisotopic (exact) mass is 381 g/mol. The number of carboxylic acid groups (broad SMARTS) is 1. The van der Waals surface area contributed by atoms with E-state index in [0.29, 0.717) is 5.56 Å². The molecule has 1 aromatic rings. The molecule has 0 aliphatic heterocycles. The number of benzene rings is 1. The van der Waals surface area contributed by atoms with Gasteiger partial charge in [0.05, 0.1) is 29.7 Å². The van der Waals surface area contributed by atoms with Crippen LogP contribution in [-0.4, -0.2) is 51.0 Å². The van der Waals surface area contributed by atoms with E-state index in [0.717, 1.165) is 6.07 Å². The zero-order valence-corrected chi connectivity index (χ0v) is 13.9. The van der Waals surface area contributed by atoms with Gasteiger partial charge in [0.1, 0.15) is 0 Å². The van der Waals surface area contributed by atoms with Crippen molar-refractivity contribution in [3.63, 3.8) is 0 Å². The largest absolute Gasteiger partial charge is 0.478 e. The number of nitrogens with one attached hydrogen (secondary N) is 1. The quantitative estimate of drug-likeness (QED) is 0.641. The van der Waals surface area contributed by atoms with Gasteiger partial charge in [-0.2, -0.15) is 0 Å². The van der Waals surface area contributed by atoms with E-state index in [4.69, 9.17) is 14.9 Å². The van der Waals surface area contributed by atoms with Crippen LogP contribution in [-0.2, 0) is 14.8 Å². The highest BCUT2D eigenvalue weighted by Crippen LogP contribution is 2.27. The summed E-state index contributed by atoms with van der Waals surface area (Å²) >= 11 is 3.14. The van der Waals surface area contributed by atoms with Gasteiger partial charge in [-0.1, -0.05) is 0 Å². The Morgan fingerprint density at radius 3 is 2.57 bits per heavy atom. The maximum absolute atomic E-state index is 12.3. The van der Waals surface area contributed by atoms with Gasteiger partial charge in [-0.25, -0.2) is 17.9 Å². The summed E-state index contributed by atoms with van der Waals surface area (Å²) < 4.78 is 32.0. The molecule has 3 N–H and O–H groups in total. The summed E-state index contributed by atoms with van der Waals surface area (Å²) in [7, 11) is -2.63. The molecule has 1 aromatic carbocycles. The molecule has 1 unspecified atom stereocenters. The van der Waals surface area contributed by atoms with Crippen molar-refractivity contribution in [3.05, 3.63) is 27.7 Å². The average molecular weight is 382 g/mol. The minimum Gasteiger partial charge on any atom is -0.478 e. The Morgan fingerprint density at radius 2 is 2.10 bits per heavy atom. The van der Waals surface area contributed by atoms with Gasteiger partial charge in [-0.15, -0.1) is 0 Å². The van der Waals surface area contributed by atoms with Crippen LogP contribution in [0.4, 0.5) is 0 Å². The van der Waals surface area contributed by atoms with Gasteiger partial charge >= 0.3 is 5.97 Å². The van der Waals surface area contributed by atoms with E-state index in [2.05, 4.69) is 20.7 Å². The fourth-order valence-corrected chi connectivity index (χ4v) is 3.92. The Balaban J connectivity index is 3.27. The molecule has 0 radical (unpaired) electrons. The van der Waals surface area contributed by atoms with Crippen LogP contribution in [0, 0.1) is 6.92 Å². The number of sulfonamides is 1. The van der Waals surface area contributed by atoms with Crippen molar-refractivity contribution in [2.24, 2.45) is 0 Å². The fraction of sp³-hybridized carbons (Fsp3) is 0.417. The van der Waals surface area contributed by atoms with Crippen LogP contribution in [0.3, 0.4) is 0 Å². The first kappa shape index (κ1) is 18.1. The molecule has 0 saturated heterocycles. The maximum atomic E-state index is 12.3. The zero-order chi connectivity index (χ0) is 16.2. The third-order valence-corrected chi connectivity index (χ3v) is 5.53. The Labute approximate surface area is 131 Å². The van der Waals surface area contributed by atoms with Gasteiger partial charge in [0, 0.05) is 11.6 Å². The molecule has 21 heavy (non-hydrogen) atoms. The summed E-state index contributed by atoms with van der Waals surface area (Å²) in [6.07, 6.45) is 0. The van der Waals surface area contributed by atoms with Gasteiger partial charge in [0.2, 0.25) is 10.0 Å². The minimum atomic E-state index is -4.00. The highest BCUT2D eigenvalue weighted by Gasteiger charge is 2.24. The van der Waals surface area contributed by atoms with Crippen LogP contribution in [0.15, 0.2) is 21.5 Å². The lowest BCUT2D eigenvalue weighted by Crippen LogP contribution is -2.40. The molecule has 0 amide bonds. The van der Waals surface area contributed by atoms with Crippen LogP contribution < -0.4 is 4.72 Å². The number of ether oxygens (including phenoxy) is 1. The second kappa shape index (κ2) is 7.32. The first-order valence-corrected chi connectivity index (χ1v) is 8.16. The molecule has 1 rings (SSSR count). The molecule has 0 aliphatic carbocycles. The van der Waals surface area contributed by atoms with Crippen molar-refractivity contribution in [1.82, 2.24) is 4.72 Å². The van der Waals surface area contributed by atoms with Crippen LogP contribution >= 0.6 is 15.9 Å². The van der Waals surface area contributed by atoms with E-state index in [-0.39, 0.29) is 21.5 Å². The van der Waals surface area contributed by atoms with Gasteiger partial charge < -0.3 is 14.9 Å². The predicted octanol–water partition coefficient (Wildman–Crippen LogP) is 0.741. The molecule has 0 spiro atoms. The topological polar surface area (TPSA) is 113 Å². The number of aliphatic hydroxyl groups is 1. The lowest BCUT2D eigenvalue weighted by Gasteiger charge is -2.17. The van der Waals surface area contributed by atoms with Crippen LogP contribution in [0.25, 0.3) is 0 Å². The molecule has 7 nitrogen and oxygen atoms in total. The number of aryl methyl sites for hydroxylation is 1. The molecule has 0 fully saturated rings. The van der Waals surface area contributed by atoms with Gasteiger partial charge in [0.15, 0.2) is 0 Å². The highest BCUT2D eigenvalue weighted by atomic mass is 79.9. The van der Waals surface area contributed by atoms with Crippen molar-refractivity contribution in [3.8, 4) is 0 Å². The van der Waals surface area contributed by atoms with Gasteiger partial charge in [0.25, 0.3) is 0 Å². The fourth-order valence-electron chi connectivity index (χ4n) is 1.66. The first-order chi connectivity index (χ1) is 9.72. The van der Waals surface area contributed by atoms with E-state index in [1.54, 1.807) is 6.92 Å². The Hall–Kier alpha value is -1.00. The summed E-state index contributed by atoms with van der Waals surface area (Å²) in [4.78, 5) is 10.8. The molecule has 0 aromatic heterocycles. The second-order valence-electron chi connectivity index (χ2n) is 4.37. The summed E-state index contributed by atoms with van der Waals surface area (Å²) in [5.41, 5.74) is 0.339. The number of carboxylic acids is 1. The molecule has 9 heteroatoms. The lowest BCUT2D eigenvalue weighted by molar-refractivity contribution is 0.0696. The van der Waals surface area contributed by atoms with Crippen molar-refractivity contribution < 1.29 is 28.2 Å². The Kier molecular flexibility index (Phi) is 6.29.